The second kappa shape index (κ2) is 8.35. The van der Waals surface area contributed by atoms with Gasteiger partial charge in [-0.3, -0.25) is 9.69 Å². The van der Waals surface area contributed by atoms with Crippen LogP contribution in [0.1, 0.15) is 44.5 Å². The highest BCUT2D eigenvalue weighted by Crippen LogP contribution is 2.23. The molecule has 0 aromatic heterocycles. The van der Waals surface area contributed by atoms with E-state index in [9.17, 15) is 9.59 Å². The van der Waals surface area contributed by atoms with E-state index in [2.05, 4.69) is 18.7 Å². The van der Waals surface area contributed by atoms with Gasteiger partial charge >= 0.3 is 0 Å². The number of hydrogen-bond acceptors (Lipinski definition) is 4. The van der Waals surface area contributed by atoms with Gasteiger partial charge in [-0.05, 0) is 39.1 Å². The molecular weight excluding hydrogens is 282 g/mol. The SMILES string of the molecule is CCN(CC)C(C)(C)C(=O)c1ccc(SCCC=O)cc1. The first-order valence-electron chi connectivity index (χ1n) is 7.43. The third kappa shape index (κ3) is 4.68. The van der Waals surface area contributed by atoms with Crippen LogP contribution in [0, 0.1) is 0 Å². The fourth-order valence-corrected chi connectivity index (χ4v) is 3.22. The van der Waals surface area contributed by atoms with Crippen molar-refractivity contribution < 1.29 is 9.59 Å². The first-order chi connectivity index (χ1) is 9.97. The Morgan fingerprint density at radius 3 is 2.24 bits per heavy atom. The fraction of sp³-hybridized carbons (Fsp3) is 0.529. The topological polar surface area (TPSA) is 37.4 Å². The molecular formula is C17H25NO2S. The molecule has 0 aliphatic heterocycles. The number of hydrogen-bond donors (Lipinski definition) is 0. The molecule has 1 aromatic rings. The molecule has 0 atom stereocenters. The molecule has 0 aliphatic rings. The van der Waals surface area contributed by atoms with Gasteiger partial charge in [-0.2, -0.15) is 0 Å². The van der Waals surface area contributed by atoms with Crippen molar-refractivity contribution in [3.8, 4) is 0 Å². The van der Waals surface area contributed by atoms with Crippen molar-refractivity contribution in [2.24, 2.45) is 0 Å². The molecule has 0 amide bonds. The van der Waals surface area contributed by atoms with E-state index >= 15 is 0 Å². The molecule has 1 rings (SSSR count). The Balaban J connectivity index is 2.81. The predicted molar refractivity (Wildman–Crippen MR) is 89.2 cm³/mol. The van der Waals surface area contributed by atoms with Crippen LogP contribution in [0.5, 0.6) is 0 Å². The maximum absolute atomic E-state index is 12.7. The maximum Gasteiger partial charge on any atom is 0.182 e. The van der Waals surface area contributed by atoms with Crippen molar-refractivity contribution in [1.82, 2.24) is 4.90 Å². The standard InChI is InChI=1S/C17H25NO2S/c1-5-18(6-2)17(3,4)16(20)14-8-10-15(11-9-14)21-13-7-12-19/h8-12H,5-7,13H2,1-4H3. The maximum atomic E-state index is 12.7. The van der Waals surface area contributed by atoms with Crippen LogP contribution < -0.4 is 0 Å². The van der Waals surface area contributed by atoms with Crippen LogP contribution in [0.3, 0.4) is 0 Å². The molecule has 0 spiro atoms. The van der Waals surface area contributed by atoms with E-state index in [-0.39, 0.29) is 5.78 Å². The minimum Gasteiger partial charge on any atom is -0.303 e. The van der Waals surface area contributed by atoms with Gasteiger partial charge < -0.3 is 4.79 Å². The summed E-state index contributed by atoms with van der Waals surface area (Å²) in [6, 6.07) is 7.69. The van der Waals surface area contributed by atoms with E-state index < -0.39 is 5.54 Å². The quantitative estimate of drug-likeness (QED) is 0.302. The number of carbonyl (C=O) groups is 2. The molecule has 0 unspecified atom stereocenters. The molecule has 3 nitrogen and oxygen atoms in total. The number of Topliss-reactive ketones (excluding diaryl/α,β-unsaturated/α-hetero) is 1. The number of thioether (sulfide) groups is 1. The van der Waals surface area contributed by atoms with Crippen LogP contribution in [-0.4, -0.2) is 41.4 Å². The highest BCUT2D eigenvalue weighted by molar-refractivity contribution is 7.99. The minimum atomic E-state index is -0.490. The summed E-state index contributed by atoms with van der Waals surface area (Å²) in [5, 5.41) is 0. The molecule has 0 fully saturated rings. The third-order valence-corrected chi connectivity index (χ3v) is 4.78. The van der Waals surface area contributed by atoms with E-state index in [1.165, 1.54) is 0 Å². The van der Waals surface area contributed by atoms with E-state index in [1.54, 1.807) is 11.8 Å². The normalized spacial score (nSPS) is 11.7. The molecule has 1 aromatic carbocycles. The average Bonchev–Trinajstić information content (AvgIpc) is 2.48. The van der Waals surface area contributed by atoms with Crippen molar-refractivity contribution in [3.63, 3.8) is 0 Å². The number of nitrogens with zero attached hydrogens (tertiary/aromatic N) is 1. The Morgan fingerprint density at radius 1 is 1.19 bits per heavy atom. The smallest absolute Gasteiger partial charge is 0.182 e. The van der Waals surface area contributed by atoms with E-state index in [4.69, 9.17) is 0 Å². The van der Waals surface area contributed by atoms with Crippen molar-refractivity contribution in [1.29, 1.82) is 0 Å². The summed E-state index contributed by atoms with van der Waals surface area (Å²) >= 11 is 1.64. The molecule has 4 heteroatoms. The van der Waals surface area contributed by atoms with Gasteiger partial charge in [-0.25, -0.2) is 0 Å². The van der Waals surface area contributed by atoms with Gasteiger partial charge in [0.05, 0.1) is 5.54 Å². The summed E-state index contributed by atoms with van der Waals surface area (Å²) < 4.78 is 0. The van der Waals surface area contributed by atoms with Crippen LogP contribution in [0.2, 0.25) is 0 Å². The lowest BCUT2D eigenvalue weighted by Gasteiger charge is -2.35. The molecule has 0 N–H and O–H groups in total. The molecule has 0 saturated heterocycles. The van der Waals surface area contributed by atoms with Gasteiger partial charge in [0.15, 0.2) is 5.78 Å². The first kappa shape index (κ1) is 17.9. The molecule has 0 saturated carbocycles. The zero-order chi connectivity index (χ0) is 15.9. The van der Waals surface area contributed by atoms with Gasteiger partial charge in [-0.15, -0.1) is 11.8 Å². The Bertz CT molecular complexity index is 464. The molecule has 0 bridgehead atoms. The Labute approximate surface area is 132 Å². The van der Waals surface area contributed by atoms with Crippen molar-refractivity contribution in [2.75, 3.05) is 18.8 Å². The Kier molecular flexibility index (Phi) is 7.12. The highest BCUT2D eigenvalue weighted by atomic mass is 32.2. The first-order valence-corrected chi connectivity index (χ1v) is 8.42. The fourth-order valence-electron chi connectivity index (χ4n) is 2.44. The predicted octanol–water partition coefficient (Wildman–Crippen LogP) is 3.67. The number of rotatable bonds is 9. The number of likely N-dealkylation sites (N-methyl/N-ethyl adjacent to an activating group) is 1. The van der Waals surface area contributed by atoms with E-state index in [0.29, 0.717) is 6.42 Å². The van der Waals surface area contributed by atoms with Gasteiger partial charge in [-0.1, -0.05) is 26.0 Å². The van der Waals surface area contributed by atoms with Gasteiger partial charge in [0.25, 0.3) is 0 Å². The lowest BCUT2D eigenvalue weighted by molar-refractivity contribution is -0.107. The molecule has 0 heterocycles. The van der Waals surface area contributed by atoms with Gasteiger partial charge in [0, 0.05) is 22.6 Å². The summed E-state index contributed by atoms with van der Waals surface area (Å²) in [7, 11) is 0. The van der Waals surface area contributed by atoms with Crippen molar-refractivity contribution in [3.05, 3.63) is 29.8 Å². The van der Waals surface area contributed by atoms with Crippen LogP contribution in [0.25, 0.3) is 0 Å². The van der Waals surface area contributed by atoms with Gasteiger partial charge in [0.1, 0.15) is 6.29 Å². The van der Waals surface area contributed by atoms with Crippen LogP contribution in [-0.2, 0) is 4.79 Å². The summed E-state index contributed by atoms with van der Waals surface area (Å²) in [5.74, 6) is 0.928. The third-order valence-electron chi connectivity index (χ3n) is 3.73. The lowest BCUT2D eigenvalue weighted by Crippen LogP contribution is -2.49. The number of aldehydes is 1. The Hall–Kier alpha value is -1.13. The molecule has 0 radical (unpaired) electrons. The second-order valence-electron chi connectivity index (χ2n) is 5.39. The van der Waals surface area contributed by atoms with Crippen LogP contribution in [0.4, 0.5) is 0 Å². The zero-order valence-corrected chi connectivity index (χ0v) is 14.2. The largest absolute Gasteiger partial charge is 0.303 e. The number of carbonyl (C=O) groups excluding carboxylic acids is 2. The van der Waals surface area contributed by atoms with Crippen molar-refractivity contribution in [2.45, 2.75) is 44.6 Å². The lowest BCUT2D eigenvalue weighted by atomic mass is 9.91. The highest BCUT2D eigenvalue weighted by Gasteiger charge is 2.33. The van der Waals surface area contributed by atoms with Crippen LogP contribution in [0.15, 0.2) is 29.2 Å². The molecule has 0 aliphatic carbocycles. The summed E-state index contributed by atoms with van der Waals surface area (Å²) in [6.45, 7) is 9.82. The summed E-state index contributed by atoms with van der Waals surface area (Å²) in [4.78, 5) is 26.3. The summed E-state index contributed by atoms with van der Waals surface area (Å²) in [6.07, 6.45) is 1.48. The van der Waals surface area contributed by atoms with E-state index in [0.717, 1.165) is 35.6 Å². The average molecular weight is 307 g/mol. The number of ketones is 1. The number of benzene rings is 1. The molecule has 116 valence electrons. The molecule has 21 heavy (non-hydrogen) atoms. The second-order valence-corrected chi connectivity index (χ2v) is 6.56. The van der Waals surface area contributed by atoms with Crippen molar-refractivity contribution >= 4 is 23.8 Å². The minimum absolute atomic E-state index is 0.149. The Morgan fingerprint density at radius 2 is 1.76 bits per heavy atom. The summed E-state index contributed by atoms with van der Waals surface area (Å²) in [5.41, 5.74) is 0.252. The monoisotopic (exact) mass is 307 g/mol. The zero-order valence-electron chi connectivity index (χ0n) is 13.4. The van der Waals surface area contributed by atoms with Gasteiger partial charge in [0.2, 0.25) is 0 Å². The van der Waals surface area contributed by atoms with Crippen LogP contribution >= 0.6 is 11.8 Å². The van der Waals surface area contributed by atoms with E-state index in [1.807, 2.05) is 38.1 Å².